The predicted octanol–water partition coefficient (Wildman–Crippen LogP) is 4.31. The summed E-state index contributed by atoms with van der Waals surface area (Å²) in [7, 11) is 0. The molecule has 0 aliphatic rings. The normalized spacial score (nSPS) is 10.5. The Kier molecular flexibility index (Phi) is 6.84. The maximum Gasteiger partial charge on any atom is 0.357 e. The second-order valence-electron chi connectivity index (χ2n) is 7.30. The lowest BCUT2D eigenvalue weighted by molar-refractivity contribution is 0.0465. The van der Waals surface area contributed by atoms with Gasteiger partial charge in [-0.25, -0.2) is 14.6 Å². The minimum Gasteiger partial charge on any atom is -0.454 e. The van der Waals surface area contributed by atoms with Crippen LogP contribution in [0.4, 0.5) is 0 Å². The van der Waals surface area contributed by atoms with Crippen LogP contribution in [0.3, 0.4) is 0 Å². The van der Waals surface area contributed by atoms with Gasteiger partial charge in [0.05, 0.1) is 11.1 Å². The lowest BCUT2D eigenvalue weighted by atomic mass is 10.1. The van der Waals surface area contributed by atoms with Crippen LogP contribution in [0.5, 0.6) is 0 Å². The number of ketones is 2. The van der Waals surface area contributed by atoms with Gasteiger partial charge in [-0.1, -0.05) is 78.9 Å². The number of para-hydroxylation sites is 1. The Morgan fingerprint density at radius 2 is 1.12 bits per heavy atom. The third-order valence-corrected chi connectivity index (χ3v) is 5.01. The minimum atomic E-state index is -0.857. The number of esters is 2. The minimum absolute atomic E-state index is 0.0628. The maximum atomic E-state index is 12.8. The van der Waals surface area contributed by atoms with Gasteiger partial charge in [0, 0.05) is 16.5 Å². The van der Waals surface area contributed by atoms with Gasteiger partial charge in [-0.3, -0.25) is 9.59 Å². The molecule has 7 heteroatoms. The van der Waals surface area contributed by atoms with Gasteiger partial charge >= 0.3 is 11.9 Å². The molecule has 0 amide bonds. The van der Waals surface area contributed by atoms with Gasteiger partial charge < -0.3 is 9.47 Å². The molecule has 4 rings (SSSR count). The number of pyridine rings is 1. The summed E-state index contributed by atoms with van der Waals surface area (Å²) < 4.78 is 10.3. The number of nitrogens with zero attached hydrogens (tertiary/aromatic N) is 1. The van der Waals surface area contributed by atoms with E-state index in [1.807, 2.05) is 0 Å². The summed E-state index contributed by atoms with van der Waals surface area (Å²) in [4.78, 5) is 54.2. The van der Waals surface area contributed by atoms with Gasteiger partial charge in [-0.2, -0.15) is 0 Å². The first-order chi connectivity index (χ1) is 16.5. The van der Waals surface area contributed by atoms with Gasteiger partial charge in [-0.05, 0) is 12.1 Å². The van der Waals surface area contributed by atoms with Crippen molar-refractivity contribution in [2.45, 2.75) is 0 Å². The fourth-order valence-electron chi connectivity index (χ4n) is 3.28. The van der Waals surface area contributed by atoms with E-state index < -0.39 is 25.2 Å². The fraction of sp³-hybridized carbons (Fsp3) is 0.0741. The van der Waals surface area contributed by atoms with Gasteiger partial charge in [-0.15, -0.1) is 0 Å². The van der Waals surface area contributed by atoms with Gasteiger partial charge in [0.2, 0.25) is 0 Å². The molecule has 0 radical (unpaired) electrons. The summed E-state index contributed by atoms with van der Waals surface area (Å²) in [5.41, 5.74) is 1.11. The van der Waals surface area contributed by atoms with Crippen molar-refractivity contribution < 1.29 is 28.7 Å². The highest BCUT2D eigenvalue weighted by Crippen LogP contribution is 2.20. The second kappa shape index (κ2) is 10.3. The average Bonchev–Trinajstić information content (AvgIpc) is 2.90. The number of aromatic nitrogens is 1. The quantitative estimate of drug-likeness (QED) is 0.289. The molecule has 3 aromatic carbocycles. The van der Waals surface area contributed by atoms with E-state index in [1.54, 1.807) is 84.9 Å². The fourth-order valence-corrected chi connectivity index (χ4v) is 3.28. The number of hydrogen-bond donors (Lipinski definition) is 0. The van der Waals surface area contributed by atoms with Crippen LogP contribution < -0.4 is 0 Å². The molecule has 34 heavy (non-hydrogen) atoms. The van der Waals surface area contributed by atoms with E-state index >= 15 is 0 Å². The van der Waals surface area contributed by atoms with Crippen LogP contribution in [0.1, 0.15) is 41.6 Å². The molecule has 0 bridgehead atoms. The molecule has 1 heterocycles. The van der Waals surface area contributed by atoms with Crippen LogP contribution in [0.15, 0.2) is 91.0 Å². The van der Waals surface area contributed by atoms with E-state index in [-0.39, 0.29) is 22.8 Å². The average molecular weight is 453 g/mol. The van der Waals surface area contributed by atoms with E-state index in [4.69, 9.17) is 9.47 Å². The number of benzene rings is 3. The smallest absolute Gasteiger partial charge is 0.357 e. The predicted molar refractivity (Wildman–Crippen MR) is 124 cm³/mol. The lowest BCUT2D eigenvalue weighted by Gasteiger charge is -2.10. The maximum absolute atomic E-state index is 12.8. The number of carbonyl (C=O) groups is 4. The molecule has 0 aliphatic carbocycles. The molecule has 0 fully saturated rings. The molecule has 0 N–H and O–H groups in total. The highest BCUT2D eigenvalue weighted by atomic mass is 16.5. The molecule has 1 aromatic heterocycles. The molecule has 7 nitrogen and oxygen atoms in total. The monoisotopic (exact) mass is 453 g/mol. The van der Waals surface area contributed by atoms with Crippen molar-refractivity contribution >= 4 is 34.4 Å². The van der Waals surface area contributed by atoms with E-state index in [0.29, 0.717) is 22.0 Å². The standard InChI is InChI=1S/C27H19NO6/c29-24(18-9-3-1-4-10-18)16-33-26(31)21-15-23(28-22-14-8-7-13-20(21)22)27(32)34-17-25(30)19-11-5-2-6-12-19/h1-15H,16-17H2. The molecule has 0 saturated heterocycles. The Labute approximate surface area is 195 Å². The van der Waals surface area contributed by atoms with Crippen LogP contribution >= 0.6 is 0 Å². The zero-order valence-electron chi connectivity index (χ0n) is 18.0. The van der Waals surface area contributed by atoms with Crippen LogP contribution in [0.25, 0.3) is 10.9 Å². The zero-order chi connectivity index (χ0) is 23.9. The van der Waals surface area contributed by atoms with Crippen LogP contribution in [-0.2, 0) is 9.47 Å². The van der Waals surface area contributed by atoms with Crippen LogP contribution in [0, 0.1) is 0 Å². The van der Waals surface area contributed by atoms with Crippen molar-refractivity contribution in [3.63, 3.8) is 0 Å². The Morgan fingerprint density at radius 3 is 1.71 bits per heavy atom. The topological polar surface area (TPSA) is 99.6 Å². The number of ether oxygens (including phenoxy) is 2. The number of fused-ring (bicyclic) bond motifs is 1. The van der Waals surface area contributed by atoms with Crippen molar-refractivity contribution in [1.82, 2.24) is 4.98 Å². The lowest BCUT2D eigenvalue weighted by Crippen LogP contribution is -2.17. The van der Waals surface area contributed by atoms with Gasteiger partial charge in [0.25, 0.3) is 0 Å². The summed E-state index contributed by atoms with van der Waals surface area (Å²) in [6.45, 7) is -0.923. The molecule has 0 atom stereocenters. The van der Waals surface area contributed by atoms with Crippen LogP contribution in [-0.4, -0.2) is 41.7 Å². The third-order valence-electron chi connectivity index (χ3n) is 5.01. The van der Waals surface area contributed by atoms with Crippen molar-refractivity contribution in [2.75, 3.05) is 13.2 Å². The summed E-state index contributed by atoms with van der Waals surface area (Å²) in [5, 5.41) is 0.455. The first-order valence-electron chi connectivity index (χ1n) is 10.4. The van der Waals surface area contributed by atoms with Crippen molar-refractivity contribution in [3.8, 4) is 0 Å². The Hall–Kier alpha value is -4.65. The molecular weight excluding hydrogens is 434 g/mol. The van der Waals surface area contributed by atoms with E-state index in [2.05, 4.69) is 4.98 Å². The molecule has 0 saturated carbocycles. The molecule has 0 spiro atoms. The first kappa shape index (κ1) is 22.5. The molecule has 4 aromatic rings. The van der Waals surface area contributed by atoms with Gasteiger partial charge in [0.1, 0.15) is 5.69 Å². The number of rotatable bonds is 8. The largest absolute Gasteiger partial charge is 0.454 e. The van der Waals surface area contributed by atoms with E-state index in [0.717, 1.165) is 0 Å². The Bertz CT molecular complexity index is 1370. The molecular formula is C27H19NO6. The first-order valence-corrected chi connectivity index (χ1v) is 10.4. The van der Waals surface area contributed by atoms with Crippen molar-refractivity contribution in [3.05, 3.63) is 113 Å². The summed E-state index contributed by atoms with van der Waals surface area (Å²) in [6, 6.07) is 24.8. The summed E-state index contributed by atoms with van der Waals surface area (Å²) >= 11 is 0. The number of hydrogen-bond acceptors (Lipinski definition) is 7. The zero-order valence-corrected chi connectivity index (χ0v) is 18.0. The van der Waals surface area contributed by atoms with E-state index in [1.165, 1.54) is 6.07 Å². The Balaban J connectivity index is 1.51. The molecule has 168 valence electrons. The number of Topliss-reactive ketones (excluding diaryl/α,β-unsaturated/α-hetero) is 2. The number of carbonyl (C=O) groups excluding carboxylic acids is 4. The second-order valence-corrected chi connectivity index (χ2v) is 7.30. The van der Waals surface area contributed by atoms with Crippen molar-refractivity contribution in [2.24, 2.45) is 0 Å². The SMILES string of the molecule is O=C(COC(=O)c1cc(C(=O)OCC(=O)c2ccccc2)c2ccccc2n1)c1ccccc1. The molecule has 0 aliphatic heterocycles. The molecule has 0 unspecified atom stereocenters. The highest BCUT2D eigenvalue weighted by Gasteiger charge is 2.20. The third kappa shape index (κ3) is 5.21. The van der Waals surface area contributed by atoms with E-state index in [9.17, 15) is 19.2 Å². The highest BCUT2D eigenvalue weighted by molar-refractivity contribution is 6.07. The summed E-state index contributed by atoms with van der Waals surface area (Å²) in [5.74, 6) is -2.36. The van der Waals surface area contributed by atoms with Crippen molar-refractivity contribution in [1.29, 1.82) is 0 Å². The van der Waals surface area contributed by atoms with Crippen LogP contribution in [0.2, 0.25) is 0 Å². The Morgan fingerprint density at radius 1 is 0.618 bits per heavy atom. The summed E-state index contributed by atoms with van der Waals surface area (Å²) in [6.07, 6.45) is 0. The van der Waals surface area contributed by atoms with Gasteiger partial charge in [0.15, 0.2) is 24.8 Å².